The van der Waals surface area contributed by atoms with Crippen molar-refractivity contribution in [2.24, 2.45) is 0 Å². The van der Waals surface area contributed by atoms with Crippen LogP contribution in [-0.2, 0) is 16.1 Å². The van der Waals surface area contributed by atoms with Gasteiger partial charge in [-0.3, -0.25) is 9.59 Å². The van der Waals surface area contributed by atoms with E-state index in [4.69, 9.17) is 16.3 Å². The SMILES string of the molecule is COCCN1C(=O)c2ccccc2[C@@H](C(=O)NCc2ccc(Cl)cc2)C12CCCC2. The van der Waals surface area contributed by atoms with Gasteiger partial charge in [0.2, 0.25) is 5.91 Å². The zero-order valence-electron chi connectivity index (χ0n) is 17.2. The second-order valence-electron chi connectivity index (χ2n) is 8.12. The minimum absolute atomic E-state index is 0.00583. The van der Waals surface area contributed by atoms with E-state index in [9.17, 15) is 9.59 Å². The van der Waals surface area contributed by atoms with Crippen molar-refractivity contribution in [1.29, 1.82) is 0 Å². The first-order valence-corrected chi connectivity index (χ1v) is 10.9. The molecule has 1 aliphatic carbocycles. The summed E-state index contributed by atoms with van der Waals surface area (Å²) in [7, 11) is 1.64. The predicted molar refractivity (Wildman–Crippen MR) is 117 cm³/mol. The summed E-state index contributed by atoms with van der Waals surface area (Å²) in [6, 6.07) is 15.0. The van der Waals surface area contributed by atoms with Gasteiger partial charge in [0.15, 0.2) is 0 Å². The van der Waals surface area contributed by atoms with Crippen LogP contribution in [0.4, 0.5) is 0 Å². The number of methoxy groups -OCH3 is 1. The van der Waals surface area contributed by atoms with Crippen LogP contribution >= 0.6 is 11.6 Å². The largest absolute Gasteiger partial charge is 0.383 e. The Hall–Kier alpha value is -2.37. The third kappa shape index (κ3) is 3.72. The molecule has 158 valence electrons. The van der Waals surface area contributed by atoms with E-state index in [2.05, 4.69) is 5.32 Å². The molecule has 6 heteroatoms. The Labute approximate surface area is 182 Å². The summed E-state index contributed by atoms with van der Waals surface area (Å²) in [6.07, 6.45) is 3.69. The molecule has 0 saturated heterocycles. The van der Waals surface area contributed by atoms with E-state index in [0.29, 0.717) is 30.3 Å². The highest BCUT2D eigenvalue weighted by atomic mass is 35.5. The molecule has 0 bridgehead atoms. The van der Waals surface area contributed by atoms with Gasteiger partial charge in [-0.05, 0) is 42.2 Å². The van der Waals surface area contributed by atoms with Crippen LogP contribution in [0.1, 0.15) is 53.1 Å². The highest BCUT2D eigenvalue weighted by Crippen LogP contribution is 2.50. The number of halogens is 1. The molecule has 2 aliphatic rings. The Morgan fingerprint density at radius 3 is 2.57 bits per heavy atom. The highest BCUT2D eigenvalue weighted by Gasteiger charge is 2.55. The molecule has 1 spiro atoms. The monoisotopic (exact) mass is 426 g/mol. The summed E-state index contributed by atoms with van der Waals surface area (Å²) in [5.74, 6) is -0.418. The minimum atomic E-state index is -0.492. The van der Waals surface area contributed by atoms with Crippen molar-refractivity contribution >= 4 is 23.4 Å². The fourth-order valence-corrected chi connectivity index (χ4v) is 5.19. The van der Waals surface area contributed by atoms with Crippen molar-refractivity contribution in [3.05, 3.63) is 70.2 Å². The highest BCUT2D eigenvalue weighted by molar-refractivity contribution is 6.30. The van der Waals surface area contributed by atoms with Gasteiger partial charge < -0.3 is 15.0 Å². The number of fused-ring (bicyclic) bond motifs is 1. The molecule has 1 aliphatic heterocycles. The Bertz CT molecular complexity index is 922. The predicted octanol–water partition coefficient (Wildman–Crippen LogP) is 4.16. The number of carbonyl (C=O) groups excluding carboxylic acids is 2. The molecule has 1 fully saturated rings. The van der Waals surface area contributed by atoms with Crippen molar-refractivity contribution in [3.8, 4) is 0 Å². The number of nitrogens with zero attached hydrogens (tertiary/aromatic N) is 1. The molecule has 1 heterocycles. The van der Waals surface area contributed by atoms with E-state index < -0.39 is 11.5 Å². The van der Waals surface area contributed by atoms with Gasteiger partial charge in [-0.1, -0.05) is 54.8 Å². The maximum atomic E-state index is 13.6. The quantitative estimate of drug-likeness (QED) is 0.754. The third-order valence-electron chi connectivity index (χ3n) is 6.45. The Morgan fingerprint density at radius 2 is 1.87 bits per heavy atom. The number of hydrogen-bond donors (Lipinski definition) is 1. The minimum Gasteiger partial charge on any atom is -0.383 e. The van der Waals surface area contributed by atoms with E-state index in [1.165, 1.54) is 0 Å². The molecule has 1 N–H and O–H groups in total. The molecule has 0 aromatic heterocycles. The zero-order valence-corrected chi connectivity index (χ0v) is 18.0. The molecular weight excluding hydrogens is 400 g/mol. The van der Waals surface area contributed by atoms with Gasteiger partial charge in [0.05, 0.1) is 18.1 Å². The molecule has 1 atom stereocenters. The summed E-state index contributed by atoms with van der Waals surface area (Å²) in [5.41, 5.74) is 1.96. The standard InChI is InChI=1S/C24H27ClN2O3/c1-30-15-14-27-23(29)20-7-3-2-6-19(20)21(24(27)12-4-5-13-24)22(28)26-16-17-8-10-18(25)11-9-17/h2-3,6-11,21H,4-5,12-16H2,1H3,(H,26,28)/t21-/m0/s1. The van der Waals surface area contributed by atoms with E-state index >= 15 is 0 Å². The Kier molecular flexibility index (Phi) is 6.11. The van der Waals surface area contributed by atoms with Crippen molar-refractivity contribution in [2.45, 2.75) is 43.7 Å². The van der Waals surface area contributed by atoms with Crippen LogP contribution < -0.4 is 5.32 Å². The summed E-state index contributed by atoms with van der Waals surface area (Å²) >= 11 is 5.97. The number of benzene rings is 2. The fourth-order valence-electron chi connectivity index (χ4n) is 5.07. The van der Waals surface area contributed by atoms with Crippen molar-refractivity contribution < 1.29 is 14.3 Å². The van der Waals surface area contributed by atoms with Crippen LogP contribution in [0.5, 0.6) is 0 Å². The van der Waals surface area contributed by atoms with E-state index in [1.807, 2.05) is 53.4 Å². The van der Waals surface area contributed by atoms with E-state index in [1.54, 1.807) is 7.11 Å². The van der Waals surface area contributed by atoms with Gasteiger partial charge in [-0.15, -0.1) is 0 Å². The average Bonchev–Trinajstić information content (AvgIpc) is 3.23. The summed E-state index contributed by atoms with van der Waals surface area (Å²) in [4.78, 5) is 28.9. The molecule has 5 nitrogen and oxygen atoms in total. The first kappa shape index (κ1) is 20.9. The van der Waals surface area contributed by atoms with Gasteiger partial charge >= 0.3 is 0 Å². The topological polar surface area (TPSA) is 58.6 Å². The number of nitrogens with one attached hydrogen (secondary N) is 1. The van der Waals surface area contributed by atoms with Gasteiger partial charge in [-0.2, -0.15) is 0 Å². The molecule has 30 heavy (non-hydrogen) atoms. The third-order valence-corrected chi connectivity index (χ3v) is 6.70. The number of ether oxygens (including phenoxy) is 1. The molecule has 2 aromatic rings. The van der Waals surface area contributed by atoms with Crippen LogP contribution in [0.25, 0.3) is 0 Å². The lowest BCUT2D eigenvalue weighted by molar-refractivity contribution is -0.126. The van der Waals surface area contributed by atoms with Crippen molar-refractivity contribution in [3.63, 3.8) is 0 Å². The zero-order chi connectivity index (χ0) is 21.1. The molecule has 4 rings (SSSR count). The van der Waals surface area contributed by atoms with Crippen LogP contribution in [-0.4, -0.2) is 42.5 Å². The van der Waals surface area contributed by atoms with Crippen LogP contribution in [0.3, 0.4) is 0 Å². The summed E-state index contributed by atoms with van der Waals surface area (Å²) in [5, 5.41) is 3.79. The van der Waals surface area contributed by atoms with Gasteiger partial charge in [0, 0.05) is 30.8 Å². The maximum absolute atomic E-state index is 13.6. The number of carbonyl (C=O) groups is 2. The number of rotatable bonds is 6. The normalized spacial score (nSPS) is 19.7. The lowest BCUT2D eigenvalue weighted by atomic mass is 9.71. The first-order valence-electron chi connectivity index (χ1n) is 10.5. The van der Waals surface area contributed by atoms with Crippen LogP contribution in [0.2, 0.25) is 5.02 Å². The summed E-state index contributed by atoms with van der Waals surface area (Å²) < 4.78 is 5.29. The maximum Gasteiger partial charge on any atom is 0.254 e. The van der Waals surface area contributed by atoms with Crippen LogP contribution in [0.15, 0.2) is 48.5 Å². The van der Waals surface area contributed by atoms with Gasteiger partial charge in [0.1, 0.15) is 0 Å². The van der Waals surface area contributed by atoms with E-state index in [-0.39, 0.29) is 11.8 Å². The number of amides is 2. The smallest absolute Gasteiger partial charge is 0.254 e. The van der Waals surface area contributed by atoms with Gasteiger partial charge in [-0.25, -0.2) is 0 Å². The van der Waals surface area contributed by atoms with E-state index in [0.717, 1.165) is 36.8 Å². The lowest BCUT2D eigenvalue weighted by Gasteiger charge is -2.50. The molecule has 0 unspecified atom stereocenters. The van der Waals surface area contributed by atoms with Crippen LogP contribution in [0, 0.1) is 0 Å². The second-order valence-corrected chi connectivity index (χ2v) is 8.56. The second kappa shape index (κ2) is 8.78. The summed E-state index contributed by atoms with van der Waals surface area (Å²) in [6.45, 7) is 1.37. The molecule has 0 radical (unpaired) electrons. The molecule has 2 aromatic carbocycles. The van der Waals surface area contributed by atoms with Crippen molar-refractivity contribution in [1.82, 2.24) is 10.2 Å². The van der Waals surface area contributed by atoms with Gasteiger partial charge in [0.25, 0.3) is 5.91 Å². The molecule has 1 saturated carbocycles. The fraction of sp³-hybridized carbons (Fsp3) is 0.417. The Morgan fingerprint density at radius 1 is 1.17 bits per heavy atom. The lowest BCUT2D eigenvalue weighted by Crippen LogP contribution is -2.61. The first-order chi connectivity index (χ1) is 14.6. The van der Waals surface area contributed by atoms with Crippen molar-refractivity contribution in [2.75, 3.05) is 20.3 Å². The average molecular weight is 427 g/mol. The molecule has 2 amide bonds. The Balaban J connectivity index is 1.68. The molecular formula is C24H27ClN2O3. The number of hydrogen-bond acceptors (Lipinski definition) is 3.